The molecule has 1 aromatic rings. The summed E-state index contributed by atoms with van der Waals surface area (Å²) in [6.45, 7) is 4.95. The lowest BCUT2D eigenvalue weighted by Crippen LogP contribution is -2.42. The van der Waals surface area contributed by atoms with E-state index < -0.39 is 0 Å². The number of nitrogens with two attached hydrogens (primary N) is 1. The molecule has 0 saturated carbocycles. The quantitative estimate of drug-likeness (QED) is 0.801. The molecular weight excluding hydrogens is 238 g/mol. The summed E-state index contributed by atoms with van der Waals surface area (Å²) in [5.41, 5.74) is 7.15. The molecule has 1 saturated heterocycles. The molecule has 4 heteroatoms. The second kappa shape index (κ2) is 7.34. The zero-order valence-corrected chi connectivity index (χ0v) is 11.8. The SMILES string of the molecule is CCCCCOc1cncc(N2CCCC(N)C2)c1. The van der Waals surface area contributed by atoms with Crippen LogP contribution in [0.4, 0.5) is 5.69 Å². The Morgan fingerprint density at radius 2 is 2.32 bits per heavy atom. The highest BCUT2D eigenvalue weighted by Crippen LogP contribution is 2.22. The highest BCUT2D eigenvalue weighted by atomic mass is 16.5. The molecule has 0 amide bonds. The number of anilines is 1. The third-order valence-electron chi connectivity index (χ3n) is 3.54. The van der Waals surface area contributed by atoms with Crippen molar-refractivity contribution in [1.82, 2.24) is 4.98 Å². The summed E-state index contributed by atoms with van der Waals surface area (Å²) in [6.07, 6.45) is 9.51. The molecule has 0 radical (unpaired) electrons. The third-order valence-corrected chi connectivity index (χ3v) is 3.54. The number of aromatic nitrogens is 1. The van der Waals surface area contributed by atoms with Crippen LogP contribution in [0, 0.1) is 0 Å². The molecule has 1 atom stereocenters. The summed E-state index contributed by atoms with van der Waals surface area (Å²) in [6, 6.07) is 2.36. The lowest BCUT2D eigenvalue weighted by atomic mass is 10.1. The molecule has 0 aliphatic carbocycles. The molecule has 2 N–H and O–H groups in total. The maximum atomic E-state index is 6.02. The van der Waals surface area contributed by atoms with Gasteiger partial charge in [-0.05, 0) is 19.3 Å². The van der Waals surface area contributed by atoms with Gasteiger partial charge in [0, 0.05) is 25.2 Å². The van der Waals surface area contributed by atoms with Gasteiger partial charge in [-0.25, -0.2) is 0 Å². The number of ether oxygens (including phenoxy) is 1. The van der Waals surface area contributed by atoms with E-state index in [9.17, 15) is 0 Å². The molecule has 1 fully saturated rings. The number of unbranched alkanes of at least 4 members (excludes halogenated alkanes) is 2. The van der Waals surface area contributed by atoms with Gasteiger partial charge in [0.2, 0.25) is 0 Å². The van der Waals surface area contributed by atoms with Crippen LogP contribution in [0.5, 0.6) is 5.75 Å². The van der Waals surface area contributed by atoms with Gasteiger partial charge in [-0.2, -0.15) is 0 Å². The van der Waals surface area contributed by atoms with Crippen LogP contribution >= 0.6 is 0 Å². The van der Waals surface area contributed by atoms with Gasteiger partial charge in [-0.3, -0.25) is 4.98 Å². The Hall–Kier alpha value is -1.29. The molecular formula is C15H25N3O. The summed E-state index contributed by atoms with van der Waals surface area (Å²) < 4.78 is 5.75. The van der Waals surface area contributed by atoms with Crippen molar-refractivity contribution in [3.8, 4) is 5.75 Å². The Bertz CT molecular complexity index is 383. The summed E-state index contributed by atoms with van der Waals surface area (Å²) in [5, 5.41) is 0. The van der Waals surface area contributed by atoms with E-state index in [1.807, 2.05) is 6.20 Å². The Morgan fingerprint density at radius 3 is 3.11 bits per heavy atom. The molecule has 1 aromatic heterocycles. The first-order valence-electron chi connectivity index (χ1n) is 7.38. The Balaban J connectivity index is 1.90. The van der Waals surface area contributed by atoms with Gasteiger partial charge < -0.3 is 15.4 Å². The topological polar surface area (TPSA) is 51.4 Å². The maximum absolute atomic E-state index is 6.02. The van der Waals surface area contributed by atoms with Gasteiger partial charge in [0.1, 0.15) is 5.75 Å². The first-order valence-corrected chi connectivity index (χ1v) is 7.38. The van der Waals surface area contributed by atoms with Gasteiger partial charge in [-0.15, -0.1) is 0 Å². The lowest BCUT2D eigenvalue weighted by molar-refractivity contribution is 0.305. The van der Waals surface area contributed by atoms with E-state index in [0.717, 1.165) is 50.4 Å². The number of hydrogen-bond acceptors (Lipinski definition) is 4. The standard InChI is InChI=1S/C15H25N3O/c1-2-3-4-8-19-15-9-14(10-17-11-15)18-7-5-6-13(16)12-18/h9-11,13H,2-8,12,16H2,1H3. The molecule has 0 aromatic carbocycles. The maximum Gasteiger partial charge on any atom is 0.139 e. The number of nitrogens with zero attached hydrogens (tertiary/aromatic N) is 2. The summed E-state index contributed by atoms with van der Waals surface area (Å²) in [5.74, 6) is 0.868. The van der Waals surface area contributed by atoms with Crippen LogP contribution in [0.1, 0.15) is 39.0 Å². The third kappa shape index (κ3) is 4.39. The summed E-state index contributed by atoms with van der Waals surface area (Å²) in [7, 11) is 0. The normalized spacial score (nSPS) is 19.5. The van der Waals surface area contributed by atoms with E-state index in [-0.39, 0.29) is 6.04 Å². The van der Waals surface area contributed by atoms with Crippen LogP contribution in [0.3, 0.4) is 0 Å². The fourth-order valence-corrected chi connectivity index (χ4v) is 2.45. The van der Waals surface area contributed by atoms with Crippen LogP contribution < -0.4 is 15.4 Å². The molecule has 4 nitrogen and oxygen atoms in total. The van der Waals surface area contributed by atoms with Gasteiger partial charge in [-0.1, -0.05) is 19.8 Å². The molecule has 0 spiro atoms. The number of rotatable bonds is 6. The highest BCUT2D eigenvalue weighted by Gasteiger charge is 2.17. The second-order valence-corrected chi connectivity index (χ2v) is 5.28. The van der Waals surface area contributed by atoms with Crippen molar-refractivity contribution in [2.24, 2.45) is 5.73 Å². The second-order valence-electron chi connectivity index (χ2n) is 5.28. The van der Waals surface area contributed by atoms with Crippen LogP contribution in [-0.2, 0) is 0 Å². The fraction of sp³-hybridized carbons (Fsp3) is 0.667. The minimum atomic E-state index is 0.280. The van der Waals surface area contributed by atoms with Crippen molar-refractivity contribution >= 4 is 5.69 Å². The molecule has 2 rings (SSSR count). The van der Waals surface area contributed by atoms with Crippen molar-refractivity contribution in [2.45, 2.75) is 45.1 Å². The molecule has 106 valence electrons. The van der Waals surface area contributed by atoms with E-state index in [1.165, 1.54) is 12.8 Å². The van der Waals surface area contributed by atoms with Crippen molar-refractivity contribution in [1.29, 1.82) is 0 Å². The van der Waals surface area contributed by atoms with Crippen molar-refractivity contribution in [3.63, 3.8) is 0 Å². The van der Waals surface area contributed by atoms with Crippen LogP contribution in [-0.4, -0.2) is 30.7 Å². The van der Waals surface area contributed by atoms with Gasteiger partial charge in [0.25, 0.3) is 0 Å². The van der Waals surface area contributed by atoms with Crippen molar-refractivity contribution < 1.29 is 4.74 Å². The predicted molar refractivity (Wildman–Crippen MR) is 78.7 cm³/mol. The van der Waals surface area contributed by atoms with E-state index in [4.69, 9.17) is 10.5 Å². The molecule has 1 aliphatic heterocycles. The van der Waals surface area contributed by atoms with Gasteiger partial charge in [0.05, 0.1) is 24.7 Å². The van der Waals surface area contributed by atoms with E-state index in [2.05, 4.69) is 22.9 Å². The highest BCUT2D eigenvalue weighted by molar-refractivity contribution is 5.48. The molecule has 0 bridgehead atoms. The minimum absolute atomic E-state index is 0.280. The first kappa shape index (κ1) is 14.1. The fourth-order valence-electron chi connectivity index (χ4n) is 2.45. The minimum Gasteiger partial charge on any atom is -0.492 e. The smallest absolute Gasteiger partial charge is 0.139 e. The molecule has 2 heterocycles. The summed E-state index contributed by atoms with van der Waals surface area (Å²) in [4.78, 5) is 6.58. The lowest BCUT2D eigenvalue weighted by Gasteiger charge is -2.32. The zero-order chi connectivity index (χ0) is 13.5. The van der Waals surface area contributed by atoms with E-state index >= 15 is 0 Å². The molecule has 1 aliphatic rings. The molecule has 1 unspecified atom stereocenters. The zero-order valence-electron chi connectivity index (χ0n) is 11.8. The average Bonchev–Trinajstić information content (AvgIpc) is 2.44. The monoisotopic (exact) mass is 263 g/mol. The van der Waals surface area contributed by atoms with Crippen LogP contribution in [0.25, 0.3) is 0 Å². The number of hydrogen-bond donors (Lipinski definition) is 1. The van der Waals surface area contributed by atoms with Gasteiger partial charge in [0.15, 0.2) is 0 Å². The Labute approximate surface area is 116 Å². The predicted octanol–water partition coefficient (Wildman–Crippen LogP) is 2.58. The Morgan fingerprint density at radius 1 is 1.42 bits per heavy atom. The number of pyridine rings is 1. The summed E-state index contributed by atoms with van der Waals surface area (Å²) >= 11 is 0. The first-order chi connectivity index (χ1) is 9.29. The largest absolute Gasteiger partial charge is 0.492 e. The van der Waals surface area contributed by atoms with Crippen molar-refractivity contribution in [3.05, 3.63) is 18.5 Å². The number of piperidine rings is 1. The van der Waals surface area contributed by atoms with Crippen LogP contribution in [0.2, 0.25) is 0 Å². The Kier molecular flexibility index (Phi) is 5.45. The van der Waals surface area contributed by atoms with Crippen LogP contribution in [0.15, 0.2) is 18.5 Å². The average molecular weight is 263 g/mol. The molecule has 19 heavy (non-hydrogen) atoms. The van der Waals surface area contributed by atoms with E-state index in [0.29, 0.717) is 0 Å². The van der Waals surface area contributed by atoms with E-state index in [1.54, 1.807) is 6.20 Å². The van der Waals surface area contributed by atoms with Crippen molar-refractivity contribution in [2.75, 3.05) is 24.6 Å². The van der Waals surface area contributed by atoms with Gasteiger partial charge >= 0.3 is 0 Å².